The molecule has 0 aromatic heterocycles. The molecule has 0 aliphatic heterocycles. The summed E-state index contributed by atoms with van der Waals surface area (Å²) in [5, 5.41) is 0. The Labute approximate surface area is 117 Å². The Kier molecular flexibility index (Phi) is 6.22. The second kappa shape index (κ2) is 7.43. The van der Waals surface area contributed by atoms with Crippen molar-refractivity contribution in [3.05, 3.63) is 35.4 Å². The summed E-state index contributed by atoms with van der Waals surface area (Å²) in [5.74, 6) is 0.100. The van der Waals surface area contributed by atoms with Crippen molar-refractivity contribution in [3.63, 3.8) is 0 Å². The zero-order chi connectivity index (χ0) is 14.4. The first kappa shape index (κ1) is 15.9. The van der Waals surface area contributed by atoms with Crippen LogP contribution in [0.4, 0.5) is 8.78 Å². The van der Waals surface area contributed by atoms with Gasteiger partial charge in [-0.05, 0) is 23.6 Å². The predicted molar refractivity (Wildman–Crippen MR) is 73.2 cm³/mol. The number of alkyl halides is 3. The molecule has 106 valence electrons. The van der Waals surface area contributed by atoms with E-state index >= 15 is 0 Å². The third-order valence-electron chi connectivity index (χ3n) is 2.82. The fourth-order valence-corrected chi connectivity index (χ4v) is 1.94. The minimum atomic E-state index is -2.55. The molecule has 1 rings (SSSR count). The second-order valence-corrected chi connectivity index (χ2v) is 4.99. The molecule has 0 saturated heterocycles. The van der Waals surface area contributed by atoms with Gasteiger partial charge in [0.2, 0.25) is 0 Å². The van der Waals surface area contributed by atoms with Crippen LogP contribution in [-0.4, -0.2) is 36.2 Å². The molecule has 0 unspecified atom stereocenters. The highest BCUT2D eigenvalue weighted by Gasteiger charge is 2.19. The summed E-state index contributed by atoms with van der Waals surface area (Å²) in [4.78, 5) is 13.2. The van der Waals surface area contributed by atoms with E-state index in [0.29, 0.717) is 11.5 Å². The van der Waals surface area contributed by atoms with Crippen LogP contribution in [0.3, 0.4) is 0 Å². The summed E-state index contributed by atoms with van der Waals surface area (Å²) in [6, 6.07) is 7.03. The highest BCUT2D eigenvalue weighted by molar-refractivity contribution is 6.18. The van der Waals surface area contributed by atoms with Crippen LogP contribution in [0.2, 0.25) is 0 Å². The van der Waals surface area contributed by atoms with Gasteiger partial charge in [-0.1, -0.05) is 26.0 Å². The summed E-state index contributed by atoms with van der Waals surface area (Å²) in [6.45, 7) is 3.63. The van der Waals surface area contributed by atoms with Gasteiger partial charge in [0.1, 0.15) is 0 Å². The Hall–Kier alpha value is -1.16. The molecule has 2 nitrogen and oxygen atoms in total. The third kappa shape index (κ3) is 4.78. The largest absolute Gasteiger partial charge is 0.332 e. The number of halogens is 3. The average molecular weight is 290 g/mol. The predicted octanol–water partition coefficient (Wildman–Crippen LogP) is 3.76. The first-order chi connectivity index (χ1) is 8.95. The lowest BCUT2D eigenvalue weighted by molar-refractivity contribution is 0.0571. The van der Waals surface area contributed by atoms with Gasteiger partial charge in [-0.2, -0.15) is 0 Å². The van der Waals surface area contributed by atoms with E-state index in [1.54, 1.807) is 12.1 Å². The Morgan fingerprint density at radius 1 is 1.26 bits per heavy atom. The minimum absolute atomic E-state index is 0.122. The van der Waals surface area contributed by atoms with Crippen molar-refractivity contribution in [2.24, 2.45) is 0 Å². The molecule has 1 aromatic carbocycles. The zero-order valence-electron chi connectivity index (χ0n) is 11.1. The molecule has 0 spiro atoms. The Bertz CT molecular complexity index is 406. The van der Waals surface area contributed by atoms with Crippen LogP contribution in [0.5, 0.6) is 0 Å². The van der Waals surface area contributed by atoms with Crippen LogP contribution >= 0.6 is 11.6 Å². The SMILES string of the molecule is CC(C)c1ccc(C(=O)N(CCCl)CC(F)F)cc1. The molecule has 0 fully saturated rings. The maximum Gasteiger partial charge on any atom is 0.255 e. The Balaban J connectivity index is 2.83. The lowest BCUT2D eigenvalue weighted by Gasteiger charge is -2.21. The fraction of sp³-hybridized carbons (Fsp3) is 0.500. The lowest BCUT2D eigenvalue weighted by atomic mass is 10.0. The van der Waals surface area contributed by atoms with Crippen molar-refractivity contribution in [1.29, 1.82) is 0 Å². The molecule has 1 amide bonds. The van der Waals surface area contributed by atoms with Gasteiger partial charge >= 0.3 is 0 Å². The number of hydrogen-bond donors (Lipinski definition) is 0. The van der Waals surface area contributed by atoms with Gasteiger partial charge in [-0.25, -0.2) is 8.78 Å². The van der Waals surface area contributed by atoms with Crippen LogP contribution < -0.4 is 0 Å². The van der Waals surface area contributed by atoms with Gasteiger partial charge in [0, 0.05) is 18.0 Å². The van der Waals surface area contributed by atoms with Crippen molar-refractivity contribution < 1.29 is 13.6 Å². The molecule has 0 aliphatic rings. The van der Waals surface area contributed by atoms with Gasteiger partial charge in [0.15, 0.2) is 0 Å². The van der Waals surface area contributed by atoms with E-state index in [1.165, 1.54) is 0 Å². The summed E-state index contributed by atoms with van der Waals surface area (Å²) in [6.07, 6.45) is -2.55. The first-order valence-electron chi connectivity index (χ1n) is 6.19. The zero-order valence-corrected chi connectivity index (χ0v) is 11.8. The number of rotatable bonds is 6. The van der Waals surface area contributed by atoms with Crippen molar-refractivity contribution in [3.8, 4) is 0 Å². The van der Waals surface area contributed by atoms with Crippen molar-refractivity contribution in [2.45, 2.75) is 26.2 Å². The molecular weight excluding hydrogens is 272 g/mol. The first-order valence-corrected chi connectivity index (χ1v) is 6.72. The van der Waals surface area contributed by atoms with E-state index in [9.17, 15) is 13.6 Å². The number of benzene rings is 1. The molecule has 5 heteroatoms. The quantitative estimate of drug-likeness (QED) is 0.730. The molecule has 0 radical (unpaired) electrons. The average Bonchev–Trinajstić information content (AvgIpc) is 2.37. The number of amides is 1. The highest BCUT2D eigenvalue weighted by atomic mass is 35.5. The highest BCUT2D eigenvalue weighted by Crippen LogP contribution is 2.16. The molecule has 19 heavy (non-hydrogen) atoms. The van der Waals surface area contributed by atoms with E-state index in [4.69, 9.17) is 11.6 Å². The van der Waals surface area contributed by atoms with Crippen LogP contribution in [-0.2, 0) is 0 Å². The smallest absolute Gasteiger partial charge is 0.255 e. The molecule has 0 heterocycles. The van der Waals surface area contributed by atoms with Gasteiger partial charge in [0.25, 0.3) is 12.3 Å². The second-order valence-electron chi connectivity index (χ2n) is 4.61. The molecular formula is C14H18ClF2NO. The molecule has 1 aromatic rings. The van der Waals surface area contributed by atoms with Crippen molar-refractivity contribution in [1.82, 2.24) is 4.90 Å². The number of hydrogen-bond acceptors (Lipinski definition) is 1. The summed E-state index contributed by atoms with van der Waals surface area (Å²) in [7, 11) is 0. The molecule has 0 N–H and O–H groups in total. The maximum absolute atomic E-state index is 12.4. The molecule has 0 bridgehead atoms. The van der Waals surface area contributed by atoms with E-state index in [-0.39, 0.29) is 12.4 Å². The van der Waals surface area contributed by atoms with Crippen LogP contribution in [0, 0.1) is 0 Å². The fourth-order valence-electron chi connectivity index (χ4n) is 1.74. The topological polar surface area (TPSA) is 20.3 Å². The van der Waals surface area contributed by atoms with E-state index < -0.39 is 18.9 Å². The maximum atomic E-state index is 12.4. The van der Waals surface area contributed by atoms with E-state index in [2.05, 4.69) is 0 Å². The molecule has 0 saturated carbocycles. The molecule has 0 aliphatic carbocycles. The van der Waals surface area contributed by atoms with Crippen LogP contribution in [0.15, 0.2) is 24.3 Å². The molecule has 0 atom stereocenters. The number of carbonyl (C=O) groups is 1. The van der Waals surface area contributed by atoms with Crippen LogP contribution in [0.25, 0.3) is 0 Å². The Morgan fingerprint density at radius 2 is 1.84 bits per heavy atom. The monoisotopic (exact) mass is 289 g/mol. The van der Waals surface area contributed by atoms with Crippen molar-refractivity contribution >= 4 is 17.5 Å². The standard InChI is InChI=1S/C14H18ClF2NO/c1-10(2)11-3-5-12(6-4-11)14(19)18(8-7-15)9-13(16)17/h3-6,10,13H,7-9H2,1-2H3. The number of carbonyl (C=O) groups excluding carboxylic acids is 1. The lowest BCUT2D eigenvalue weighted by Crippen LogP contribution is -2.36. The van der Waals surface area contributed by atoms with Gasteiger partial charge in [0.05, 0.1) is 6.54 Å². The normalized spacial score (nSPS) is 11.1. The van der Waals surface area contributed by atoms with E-state index in [0.717, 1.165) is 10.5 Å². The summed E-state index contributed by atoms with van der Waals surface area (Å²) >= 11 is 5.54. The minimum Gasteiger partial charge on any atom is -0.332 e. The van der Waals surface area contributed by atoms with E-state index in [1.807, 2.05) is 26.0 Å². The van der Waals surface area contributed by atoms with Crippen LogP contribution in [0.1, 0.15) is 35.7 Å². The summed E-state index contributed by atoms with van der Waals surface area (Å²) < 4.78 is 24.8. The van der Waals surface area contributed by atoms with Gasteiger partial charge < -0.3 is 4.90 Å². The Morgan fingerprint density at radius 3 is 2.26 bits per heavy atom. The number of nitrogens with zero attached hydrogens (tertiary/aromatic N) is 1. The van der Waals surface area contributed by atoms with Gasteiger partial charge in [-0.3, -0.25) is 4.79 Å². The summed E-state index contributed by atoms with van der Waals surface area (Å²) in [5.41, 5.74) is 1.52. The third-order valence-corrected chi connectivity index (χ3v) is 2.99. The van der Waals surface area contributed by atoms with Gasteiger partial charge in [-0.15, -0.1) is 11.6 Å². The van der Waals surface area contributed by atoms with Crippen molar-refractivity contribution in [2.75, 3.05) is 19.0 Å².